The molecule has 1 saturated heterocycles. The number of rotatable bonds is 5. The van der Waals surface area contributed by atoms with Crippen LogP contribution in [0.25, 0.3) is 0 Å². The molecule has 152 valence electrons. The number of hydrogen-bond donors (Lipinski definition) is 1. The van der Waals surface area contributed by atoms with Crippen molar-refractivity contribution in [2.45, 2.75) is 18.9 Å². The maximum atomic E-state index is 12.5. The molecule has 2 aliphatic rings. The predicted octanol–water partition coefficient (Wildman–Crippen LogP) is 2.87. The van der Waals surface area contributed by atoms with Crippen LogP contribution in [0, 0.1) is 0 Å². The van der Waals surface area contributed by atoms with Crippen LogP contribution >= 0.6 is 11.6 Å². The minimum absolute atomic E-state index is 0.0180. The van der Waals surface area contributed by atoms with Crippen molar-refractivity contribution in [2.24, 2.45) is 0 Å². The van der Waals surface area contributed by atoms with E-state index in [1.54, 1.807) is 47.4 Å². The molecule has 0 spiro atoms. The molecule has 1 N–H and O–H groups in total. The average Bonchev–Trinajstić information content (AvgIpc) is 3.21. The first-order chi connectivity index (χ1) is 14.1. The minimum Gasteiger partial charge on any atom is -0.484 e. The molecule has 0 aliphatic carbocycles. The largest absolute Gasteiger partial charge is 0.484 e. The van der Waals surface area contributed by atoms with Gasteiger partial charge in [-0.2, -0.15) is 0 Å². The summed E-state index contributed by atoms with van der Waals surface area (Å²) in [6.45, 7) is 1.31. The number of likely N-dealkylation sites (tertiary alicyclic amines) is 1. The zero-order chi connectivity index (χ0) is 20.2. The third-order valence-corrected chi connectivity index (χ3v) is 5.25. The van der Waals surface area contributed by atoms with Gasteiger partial charge >= 0.3 is 0 Å². The summed E-state index contributed by atoms with van der Waals surface area (Å²) < 4.78 is 16.1. The number of amides is 2. The molecular formula is C21H21ClN2O5. The van der Waals surface area contributed by atoms with Gasteiger partial charge in [-0.3, -0.25) is 9.59 Å². The fourth-order valence-electron chi connectivity index (χ4n) is 3.35. The lowest BCUT2D eigenvalue weighted by Gasteiger charge is -2.32. The summed E-state index contributed by atoms with van der Waals surface area (Å²) in [5, 5.41) is 3.65. The number of hydrogen-bond acceptors (Lipinski definition) is 5. The summed E-state index contributed by atoms with van der Waals surface area (Å²) >= 11 is 5.84. The summed E-state index contributed by atoms with van der Waals surface area (Å²) in [5.41, 5.74) is 0.532. The highest BCUT2D eigenvalue weighted by Crippen LogP contribution is 2.32. The second kappa shape index (κ2) is 8.61. The molecule has 2 amide bonds. The maximum absolute atomic E-state index is 12.5. The Morgan fingerprint density at radius 3 is 2.55 bits per heavy atom. The second-order valence-electron chi connectivity index (χ2n) is 6.94. The van der Waals surface area contributed by atoms with E-state index < -0.39 is 0 Å². The number of fused-ring (bicyclic) bond motifs is 1. The Morgan fingerprint density at radius 1 is 1.07 bits per heavy atom. The number of halogens is 1. The Kier molecular flexibility index (Phi) is 5.76. The van der Waals surface area contributed by atoms with Gasteiger partial charge in [-0.15, -0.1) is 0 Å². The van der Waals surface area contributed by atoms with Gasteiger partial charge in [0.05, 0.1) is 0 Å². The number of carbonyl (C=O) groups excluding carboxylic acids is 2. The van der Waals surface area contributed by atoms with E-state index in [9.17, 15) is 9.59 Å². The lowest BCUT2D eigenvalue weighted by atomic mass is 10.0. The van der Waals surface area contributed by atoms with Crippen molar-refractivity contribution < 1.29 is 23.8 Å². The van der Waals surface area contributed by atoms with Crippen LogP contribution < -0.4 is 19.5 Å². The van der Waals surface area contributed by atoms with Crippen molar-refractivity contribution in [3.8, 4) is 17.2 Å². The van der Waals surface area contributed by atoms with Crippen LogP contribution in [0.1, 0.15) is 23.2 Å². The fourth-order valence-corrected chi connectivity index (χ4v) is 3.47. The Morgan fingerprint density at radius 2 is 1.79 bits per heavy atom. The summed E-state index contributed by atoms with van der Waals surface area (Å²) in [7, 11) is 0. The van der Waals surface area contributed by atoms with Crippen LogP contribution in [0.3, 0.4) is 0 Å². The van der Waals surface area contributed by atoms with E-state index in [-0.39, 0.29) is 31.3 Å². The molecule has 0 bridgehead atoms. The number of piperidine rings is 1. The predicted molar refractivity (Wildman–Crippen MR) is 107 cm³/mol. The molecule has 0 unspecified atom stereocenters. The van der Waals surface area contributed by atoms with Crippen LogP contribution in [0.5, 0.6) is 17.2 Å². The molecule has 2 aromatic carbocycles. The van der Waals surface area contributed by atoms with Gasteiger partial charge in [-0.25, -0.2) is 0 Å². The lowest BCUT2D eigenvalue weighted by Crippen LogP contribution is -2.47. The summed E-state index contributed by atoms with van der Waals surface area (Å²) in [6, 6.07) is 12.1. The van der Waals surface area contributed by atoms with E-state index in [1.165, 1.54) is 0 Å². The van der Waals surface area contributed by atoms with E-state index in [4.69, 9.17) is 25.8 Å². The number of nitrogens with one attached hydrogen (secondary N) is 1. The molecule has 0 aromatic heterocycles. The highest BCUT2D eigenvalue weighted by molar-refractivity contribution is 6.30. The normalized spacial score (nSPS) is 15.8. The molecule has 2 aliphatic heterocycles. The van der Waals surface area contributed by atoms with E-state index >= 15 is 0 Å². The minimum atomic E-state index is -0.154. The summed E-state index contributed by atoms with van der Waals surface area (Å²) in [5.74, 6) is 1.61. The van der Waals surface area contributed by atoms with Gasteiger partial charge in [0, 0.05) is 29.7 Å². The SMILES string of the molecule is O=C(NC1CCN(C(=O)COc2ccc(Cl)cc2)CC1)c1ccc2c(c1)OCO2. The Hall–Kier alpha value is -2.93. The second-order valence-corrected chi connectivity index (χ2v) is 7.38. The molecule has 0 atom stereocenters. The topological polar surface area (TPSA) is 77.1 Å². The maximum Gasteiger partial charge on any atom is 0.260 e. The van der Waals surface area contributed by atoms with Gasteiger partial charge in [-0.1, -0.05) is 11.6 Å². The van der Waals surface area contributed by atoms with Crippen molar-refractivity contribution in [3.63, 3.8) is 0 Å². The van der Waals surface area contributed by atoms with Gasteiger partial charge in [0.2, 0.25) is 6.79 Å². The number of nitrogens with zero attached hydrogens (tertiary/aromatic N) is 1. The van der Waals surface area contributed by atoms with Gasteiger partial charge in [0.15, 0.2) is 18.1 Å². The van der Waals surface area contributed by atoms with Crippen molar-refractivity contribution in [2.75, 3.05) is 26.5 Å². The van der Waals surface area contributed by atoms with Crippen molar-refractivity contribution >= 4 is 23.4 Å². The van der Waals surface area contributed by atoms with Crippen molar-refractivity contribution in [3.05, 3.63) is 53.1 Å². The zero-order valence-corrected chi connectivity index (χ0v) is 16.5. The van der Waals surface area contributed by atoms with E-state index in [1.807, 2.05) is 0 Å². The van der Waals surface area contributed by atoms with Crippen LogP contribution in [0.2, 0.25) is 5.02 Å². The molecule has 1 fully saturated rings. The third kappa shape index (κ3) is 4.74. The van der Waals surface area contributed by atoms with Crippen LogP contribution in [-0.4, -0.2) is 49.2 Å². The average molecular weight is 417 g/mol. The third-order valence-electron chi connectivity index (χ3n) is 4.99. The van der Waals surface area contributed by atoms with Crippen molar-refractivity contribution in [1.29, 1.82) is 0 Å². The quantitative estimate of drug-likeness (QED) is 0.811. The van der Waals surface area contributed by atoms with Gasteiger partial charge in [0.1, 0.15) is 5.75 Å². The number of carbonyl (C=O) groups is 2. The molecule has 2 heterocycles. The highest BCUT2D eigenvalue weighted by atomic mass is 35.5. The molecule has 0 saturated carbocycles. The first-order valence-electron chi connectivity index (χ1n) is 9.45. The molecule has 2 aromatic rings. The molecule has 29 heavy (non-hydrogen) atoms. The number of ether oxygens (including phenoxy) is 3. The Balaban J connectivity index is 1.23. The highest BCUT2D eigenvalue weighted by Gasteiger charge is 2.25. The van der Waals surface area contributed by atoms with E-state index in [0.29, 0.717) is 53.8 Å². The molecule has 8 heteroatoms. The molecule has 4 rings (SSSR count). The smallest absolute Gasteiger partial charge is 0.260 e. The summed E-state index contributed by atoms with van der Waals surface area (Å²) in [6.07, 6.45) is 1.39. The van der Waals surface area contributed by atoms with E-state index in [2.05, 4.69) is 5.32 Å². The monoisotopic (exact) mass is 416 g/mol. The van der Waals surface area contributed by atoms with Gasteiger partial charge in [-0.05, 0) is 55.3 Å². The first-order valence-corrected chi connectivity index (χ1v) is 9.83. The zero-order valence-electron chi connectivity index (χ0n) is 15.7. The van der Waals surface area contributed by atoms with Gasteiger partial charge < -0.3 is 24.4 Å². The lowest BCUT2D eigenvalue weighted by molar-refractivity contribution is -0.134. The summed E-state index contributed by atoms with van der Waals surface area (Å²) in [4.78, 5) is 26.6. The van der Waals surface area contributed by atoms with Gasteiger partial charge in [0.25, 0.3) is 11.8 Å². The van der Waals surface area contributed by atoms with E-state index in [0.717, 1.165) is 0 Å². The first kappa shape index (κ1) is 19.4. The van der Waals surface area contributed by atoms with Crippen LogP contribution in [0.4, 0.5) is 0 Å². The van der Waals surface area contributed by atoms with Crippen molar-refractivity contribution in [1.82, 2.24) is 10.2 Å². The molecule has 0 radical (unpaired) electrons. The molecular weight excluding hydrogens is 396 g/mol. The Labute approximate surface area is 173 Å². The Bertz CT molecular complexity index is 894. The van der Waals surface area contributed by atoms with Crippen LogP contribution in [-0.2, 0) is 4.79 Å². The van der Waals surface area contributed by atoms with Crippen LogP contribution in [0.15, 0.2) is 42.5 Å². The number of benzene rings is 2. The molecule has 7 nitrogen and oxygen atoms in total. The standard InChI is InChI=1S/C21H21ClN2O5/c22-15-2-4-17(5-3-15)27-12-20(25)24-9-7-16(8-10-24)23-21(26)14-1-6-18-19(11-14)29-13-28-18/h1-6,11,16H,7-10,12-13H2,(H,23,26). The fraction of sp³-hybridized carbons (Fsp3) is 0.333.